The van der Waals surface area contributed by atoms with Gasteiger partial charge in [-0.05, 0) is 12.5 Å². The van der Waals surface area contributed by atoms with Crippen molar-refractivity contribution in [3.05, 3.63) is 24.3 Å². The van der Waals surface area contributed by atoms with Gasteiger partial charge < -0.3 is 5.11 Å². The molecule has 0 saturated carbocycles. The maximum atomic E-state index is 13.1. The number of pyridine rings is 1. The van der Waals surface area contributed by atoms with Crippen LogP contribution >= 0.6 is 0 Å². The minimum atomic E-state index is -3.80. The number of hydrogen-bond donors (Lipinski definition) is 1. The Kier molecular flexibility index (Phi) is 4.86. The first kappa shape index (κ1) is 15.8. The van der Waals surface area contributed by atoms with Gasteiger partial charge in [0.2, 0.25) is 10.0 Å². The number of aliphatic carboxylic acids is 1. The van der Waals surface area contributed by atoms with Crippen molar-refractivity contribution in [2.75, 3.05) is 32.7 Å². The van der Waals surface area contributed by atoms with E-state index in [2.05, 4.69) is 4.98 Å². The summed E-state index contributed by atoms with van der Waals surface area (Å²) in [5, 5.41) is 8.77. The van der Waals surface area contributed by atoms with E-state index in [1.807, 2.05) is 0 Å². The average Bonchev–Trinajstić information content (AvgIpc) is 2.64. The lowest BCUT2D eigenvalue weighted by Gasteiger charge is -2.20. The van der Waals surface area contributed by atoms with Gasteiger partial charge in [-0.25, -0.2) is 12.8 Å². The van der Waals surface area contributed by atoms with Crippen molar-refractivity contribution in [1.82, 2.24) is 14.2 Å². The monoisotopic (exact) mass is 317 g/mol. The van der Waals surface area contributed by atoms with Gasteiger partial charge in [0.05, 0.1) is 12.7 Å². The van der Waals surface area contributed by atoms with Crippen molar-refractivity contribution in [2.24, 2.45) is 0 Å². The van der Waals surface area contributed by atoms with Crippen LogP contribution in [0.1, 0.15) is 6.42 Å². The van der Waals surface area contributed by atoms with E-state index < -0.39 is 21.8 Å². The smallest absolute Gasteiger partial charge is 0.317 e. The summed E-state index contributed by atoms with van der Waals surface area (Å²) in [5.74, 6) is -1.65. The minimum Gasteiger partial charge on any atom is -0.480 e. The highest BCUT2D eigenvalue weighted by atomic mass is 32.2. The molecule has 1 aromatic heterocycles. The summed E-state index contributed by atoms with van der Waals surface area (Å²) in [7, 11) is -3.80. The van der Waals surface area contributed by atoms with Gasteiger partial charge in [-0.15, -0.1) is 0 Å². The third kappa shape index (κ3) is 3.96. The molecule has 1 saturated heterocycles. The van der Waals surface area contributed by atoms with Crippen LogP contribution in [-0.4, -0.2) is 66.4 Å². The number of hydrogen-bond acceptors (Lipinski definition) is 5. The molecule has 0 spiro atoms. The summed E-state index contributed by atoms with van der Waals surface area (Å²) in [6, 6.07) is 0.933. The highest BCUT2D eigenvalue weighted by molar-refractivity contribution is 7.89. The fraction of sp³-hybridized carbons (Fsp3) is 0.500. The molecule has 1 N–H and O–H groups in total. The standard InChI is InChI=1S/C12H16FN3O4S/c13-10-6-11(8-14-7-10)21(19,20)16-3-1-2-15(4-5-16)9-12(17)18/h6-8H,1-5,9H2,(H,17,18). The van der Waals surface area contributed by atoms with Crippen LogP contribution < -0.4 is 0 Å². The van der Waals surface area contributed by atoms with Crippen molar-refractivity contribution in [3.8, 4) is 0 Å². The summed E-state index contributed by atoms with van der Waals surface area (Å²) in [6.07, 6.45) is 2.57. The Labute approximate surface area is 122 Å². The Morgan fingerprint density at radius 3 is 2.71 bits per heavy atom. The zero-order valence-electron chi connectivity index (χ0n) is 11.3. The first-order chi connectivity index (χ1) is 9.89. The second-order valence-electron chi connectivity index (χ2n) is 4.77. The second-order valence-corrected chi connectivity index (χ2v) is 6.70. The quantitative estimate of drug-likeness (QED) is 0.841. The normalized spacial score (nSPS) is 18.3. The molecule has 2 heterocycles. The number of carbonyl (C=O) groups is 1. The molecule has 1 aliphatic rings. The van der Waals surface area contributed by atoms with Gasteiger partial charge in [0.1, 0.15) is 10.7 Å². The second kappa shape index (κ2) is 6.46. The summed E-state index contributed by atoms with van der Waals surface area (Å²) < 4.78 is 39.2. The minimum absolute atomic E-state index is 0.116. The van der Waals surface area contributed by atoms with Crippen LogP contribution in [-0.2, 0) is 14.8 Å². The van der Waals surface area contributed by atoms with E-state index in [-0.39, 0.29) is 24.5 Å². The van der Waals surface area contributed by atoms with Crippen molar-refractivity contribution >= 4 is 16.0 Å². The van der Waals surface area contributed by atoms with Gasteiger partial charge in [-0.1, -0.05) is 0 Å². The fourth-order valence-corrected chi connectivity index (χ4v) is 3.66. The molecular weight excluding hydrogens is 301 g/mol. The number of carboxylic acid groups (broad SMARTS) is 1. The van der Waals surface area contributed by atoms with E-state index in [0.717, 1.165) is 18.5 Å². The SMILES string of the molecule is O=C(O)CN1CCCN(S(=O)(=O)c2cncc(F)c2)CC1. The van der Waals surface area contributed by atoms with E-state index in [4.69, 9.17) is 5.11 Å². The van der Waals surface area contributed by atoms with Crippen LogP contribution in [0.2, 0.25) is 0 Å². The van der Waals surface area contributed by atoms with Crippen LogP contribution in [0.15, 0.2) is 23.4 Å². The first-order valence-electron chi connectivity index (χ1n) is 6.44. The molecule has 1 fully saturated rings. The number of aromatic nitrogens is 1. The number of halogens is 1. The van der Waals surface area contributed by atoms with E-state index in [1.54, 1.807) is 4.90 Å². The van der Waals surface area contributed by atoms with E-state index in [1.165, 1.54) is 4.31 Å². The molecule has 0 atom stereocenters. The number of carboxylic acids is 1. The van der Waals surface area contributed by atoms with E-state index in [0.29, 0.717) is 19.5 Å². The topological polar surface area (TPSA) is 90.8 Å². The fourth-order valence-electron chi connectivity index (χ4n) is 2.22. The highest BCUT2D eigenvalue weighted by Gasteiger charge is 2.27. The first-order valence-corrected chi connectivity index (χ1v) is 7.88. The molecule has 0 aromatic carbocycles. The third-order valence-corrected chi connectivity index (χ3v) is 5.09. The molecule has 116 valence electrons. The van der Waals surface area contributed by atoms with Crippen LogP contribution in [0, 0.1) is 5.82 Å². The van der Waals surface area contributed by atoms with Gasteiger partial charge in [-0.2, -0.15) is 4.31 Å². The Bertz CT molecular complexity index is 623. The van der Waals surface area contributed by atoms with Gasteiger partial charge in [0, 0.05) is 32.4 Å². The number of rotatable bonds is 4. The van der Waals surface area contributed by atoms with Crippen molar-refractivity contribution in [2.45, 2.75) is 11.3 Å². The zero-order chi connectivity index (χ0) is 15.5. The molecule has 0 unspecified atom stereocenters. The van der Waals surface area contributed by atoms with Crippen molar-refractivity contribution in [1.29, 1.82) is 0 Å². The van der Waals surface area contributed by atoms with Crippen LogP contribution in [0.5, 0.6) is 0 Å². The Balaban J connectivity index is 2.12. The molecule has 1 aliphatic heterocycles. The number of sulfonamides is 1. The molecule has 0 radical (unpaired) electrons. The summed E-state index contributed by atoms with van der Waals surface area (Å²) in [5.41, 5.74) is 0. The van der Waals surface area contributed by atoms with Crippen LogP contribution in [0.25, 0.3) is 0 Å². The van der Waals surface area contributed by atoms with E-state index in [9.17, 15) is 17.6 Å². The summed E-state index contributed by atoms with van der Waals surface area (Å²) >= 11 is 0. The van der Waals surface area contributed by atoms with Crippen LogP contribution in [0.3, 0.4) is 0 Å². The molecule has 1 aromatic rings. The number of nitrogens with zero attached hydrogens (tertiary/aromatic N) is 3. The predicted octanol–water partition coefficient (Wildman–Crippen LogP) is 0.00170. The molecule has 0 amide bonds. The molecule has 7 nitrogen and oxygen atoms in total. The lowest BCUT2D eigenvalue weighted by molar-refractivity contribution is -0.138. The van der Waals surface area contributed by atoms with Gasteiger partial charge in [-0.3, -0.25) is 14.7 Å². The Morgan fingerprint density at radius 2 is 2.05 bits per heavy atom. The lowest BCUT2D eigenvalue weighted by atomic mass is 10.4. The third-order valence-electron chi connectivity index (χ3n) is 3.22. The van der Waals surface area contributed by atoms with Crippen molar-refractivity contribution < 1.29 is 22.7 Å². The molecule has 9 heteroatoms. The Hall–Kier alpha value is -1.58. The van der Waals surface area contributed by atoms with Crippen LogP contribution in [0.4, 0.5) is 4.39 Å². The lowest BCUT2D eigenvalue weighted by Crippen LogP contribution is -2.36. The van der Waals surface area contributed by atoms with Gasteiger partial charge in [0.25, 0.3) is 0 Å². The maximum absolute atomic E-state index is 13.1. The average molecular weight is 317 g/mol. The van der Waals surface area contributed by atoms with Crippen molar-refractivity contribution in [3.63, 3.8) is 0 Å². The Morgan fingerprint density at radius 1 is 1.29 bits per heavy atom. The predicted molar refractivity (Wildman–Crippen MR) is 71.6 cm³/mol. The molecule has 21 heavy (non-hydrogen) atoms. The summed E-state index contributed by atoms with van der Waals surface area (Å²) in [4.78, 5) is 15.7. The van der Waals surface area contributed by atoms with Gasteiger partial charge in [0.15, 0.2) is 0 Å². The van der Waals surface area contributed by atoms with E-state index >= 15 is 0 Å². The summed E-state index contributed by atoms with van der Waals surface area (Å²) in [6.45, 7) is 1.17. The zero-order valence-corrected chi connectivity index (χ0v) is 12.1. The maximum Gasteiger partial charge on any atom is 0.317 e. The molecule has 0 bridgehead atoms. The molecular formula is C12H16FN3O4S. The largest absolute Gasteiger partial charge is 0.480 e. The molecule has 2 rings (SSSR count). The van der Waals surface area contributed by atoms with Gasteiger partial charge >= 0.3 is 5.97 Å². The molecule has 0 aliphatic carbocycles. The highest BCUT2D eigenvalue weighted by Crippen LogP contribution is 2.17.